The number of hydrogen-bond donors (Lipinski definition) is 2. The number of nitrogens with one attached hydrogen (secondary N) is 1. The summed E-state index contributed by atoms with van der Waals surface area (Å²) >= 11 is 1.67. The third-order valence-electron chi connectivity index (χ3n) is 2.72. The summed E-state index contributed by atoms with van der Waals surface area (Å²) in [6.07, 6.45) is 4.52. The highest BCUT2D eigenvalue weighted by Gasteiger charge is 2.21. The smallest absolute Gasteiger partial charge is 0.354 e. The zero-order valence-corrected chi connectivity index (χ0v) is 10.6. The number of thioether (sulfide) groups is 1. The van der Waals surface area contributed by atoms with Gasteiger partial charge < -0.3 is 10.4 Å². The number of carboxylic acid groups (broad SMARTS) is 1. The first kappa shape index (κ1) is 12.9. The Morgan fingerprint density at radius 3 is 2.78 bits per heavy atom. The number of rotatable bonds is 3. The van der Waals surface area contributed by atoms with E-state index < -0.39 is 5.97 Å². The second-order valence-corrected chi connectivity index (χ2v) is 5.39. The predicted molar refractivity (Wildman–Crippen MR) is 69.9 cm³/mol. The van der Waals surface area contributed by atoms with E-state index in [0.717, 1.165) is 18.6 Å². The minimum atomic E-state index is -1.07. The summed E-state index contributed by atoms with van der Waals surface area (Å²) in [6.45, 7) is 0. The predicted octanol–water partition coefficient (Wildman–Crippen LogP) is 2.00. The number of amides is 1. The molecule has 1 amide bonds. The highest BCUT2D eigenvalue weighted by Crippen LogP contribution is 2.26. The van der Waals surface area contributed by atoms with Crippen molar-refractivity contribution >= 4 is 29.3 Å². The SMILES string of the molecule is O=C(O)c1ccc(NC(=O)C2CCCCS2)cn1. The van der Waals surface area contributed by atoms with Crippen molar-refractivity contribution in [1.29, 1.82) is 0 Å². The first-order chi connectivity index (χ1) is 8.66. The van der Waals surface area contributed by atoms with Gasteiger partial charge in [0.2, 0.25) is 5.91 Å². The molecule has 1 atom stereocenters. The number of hydrogen-bond acceptors (Lipinski definition) is 4. The largest absolute Gasteiger partial charge is 0.477 e. The van der Waals surface area contributed by atoms with E-state index >= 15 is 0 Å². The van der Waals surface area contributed by atoms with E-state index in [-0.39, 0.29) is 16.9 Å². The van der Waals surface area contributed by atoms with Gasteiger partial charge >= 0.3 is 5.97 Å². The molecule has 0 radical (unpaired) electrons. The van der Waals surface area contributed by atoms with Crippen molar-refractivity contribution in [3.63, 3.8) is 0 Å². The number of aromatic nitrogens is 1. The van der Waals surface area contributed by atoms with Crippen LogP contribution in [0.3, 0.4) is 0 Å². The fraction of sp³-hybridized carbons (Fsp3) is 0.417. The molecule has 1 saturated heterocycles. The average molecular weight is 266 g/mol. The highest BCUT2D eigenvalue weighted by molar-refractivity contribution is 8.00. The second kappa shape index (κ2) is 5.86. The van der Waals surface area contributed by atoms with E-state index in [0.29, 0.717) is 5.69 Å². The maximum Gasteiger partial charge on any atom is 0.354 e. The fourth-order valence-electron chi connectivity index (χ4n) is 1.76. The first-order valence-corrected chi connectivity index (χ1v) is 6.83. The molecule has 5 nitrogen and oxygen atoms in total. The van der Waals surface area contributed by atoms with Crippen LogP contribution in [0.5, 0.6) is 0 Å². The van der Waals surface area contributed by atoms with E-state index in [4.69, 9.17) is 5.11 Å². The standard InChI is InChI=1S/C12H14N2O3S/c15-11(10-3-1-2-6-18-10)14-8-4-5-9(12(16)17)13-7-8/h4-5,7,10H,1-3,6H2,(H,14,15)(H,16,17). The molecule has 1 aromatic rings. The summed E-state index contributed by atoms with van der Waals surface area (Å²) in [5.41, 5.74) is 0.510. The Bertz CT molecular complexity index is 441. The summed E-state index contributed by atoms with van der Waals surface area (Å²) in [7, 11) is 0. The molecule has 0 aromatic carbocycles. The van der Waals surface area contributed by atoms with Crippen LogP contribution in [-0.2, 0) is 4.79 Å². The molecular weight excluding hydrogens is 252 g/mol. The van der Waals surface area contributed by atoms with Crippen LogP contribution in [0.25, 0.3) is 0 Å². The minimum Gasteiger partial charge on any atom is -0.477 e. The number of anilines is 1. The molecule has 2 rings (SSSR count). The first-order valence-electron chi connectivity index (χ1n) is 5.78. The Balaban J connectivity index is 1.96. The quantitative estimate of drug-likeness (QED) is 0.874. The van der Waals surface area contributed by atoms with Crippen molar-refractivity contribution in [2.24, 2.45) is 0 Å². The molecule has 1 unspecified atom stereocenters. The molecule has 1 aromatic heterocycles. The van der Waals surface area contributed by atoms with Crippen LogP contribution in [0, 0.1) is 0 Å². The summed E-state index contributed by atoms with van der Waals surface area (Å²) in [5, 5.41) is 11.5. The van der Waals surface area contributed by atoms with Gasteiger partial charge in [0.25, 0.3) is 0 Å². The Morgan fingerprint density at radius 1 is 1.39 bits per heavy atom. The van der Waals surface area contributed by atoms with Crippen LogP contribution in [0.1, 0.15) is 29.8 Å². The molecule has 1 aliphatic heterocycles. The lowest BCUT2D eigenvalue weighted by Gasteiger charge is -2.20. The van der Waals surface area contributed by atoms with Crippen molar-refractivity contribution in [2.75, 3.05) is 11.1 Å². The van der Waals surface area contributed by atoms with Gasteiger partial charge in [-0.05, 0) is 30.7 Å². The minimum absolute atomic E-state index is 0.00194. The molecule has 0 saturated carbocycles. The van der Waals surface area contributed by atoms with E-state index in [9.17, 15) is 9.59 Å². The molecule has 1 fully saturated rings. The highest BCUT2D eigenvalue weighted by atomic mass is 32.2. The molecule has 1 aliphatic rings. The number of nitrogens with zero attached hydrogens (tertiary/aromatic N) is 1. The summed E-state index contributed by atoms with van der Waals surface area (Å²) in [4.78, 5) is 26.3. The summed E-state index contributed by atoms with van der Waals surface area (Å²) in [6, 6.07) is 2.94. The summed E-state index contributed by atoms with van der Waals surface area (Å²) in [5.74, 6) is -0.0748. The van der Waals surface area contributed by atoms with E-state index in [1.54, 1.807) is 17.8 Å². The van der Waals surface area contributed by atoms with Crippen LogP contribution in [0.2, 0.25) is 0 Å². The lowest BCUT2D eigenvalue weighted by Crippen LogP contribution is -2.27. The fourth-order valence-corrected chi connectivity index (χ4v) is 2.96. The van der Waals surface area contributed by atoms with Crippen LogP contribution >= 0.6 is 11.8 Å². The van der Waals surface area contributed by atoms with Crippen LogP contribution < -0.4 is 5.32 Å². The van der Waals surface area contributed by atoms with Crippen molar-refractivity contribution in [3.8, 4) is 0 Å². The molecule has 18 heavy (non-hydrogen) atoms. The van der Waals surface area contributed by atoms with Gasteiger partial charge in [0, 0.05) is 0 Å². The number of carboxylic acids is 1. The third-order valence-corrected chi connectivity index (χ3v) is 4.10. The zero-order valence-electron chi connectivity index (χ0n) is 9.76. The van der Waals surface area contributed by atoms with Gasteiger partial charge in [0.1, 0.15) is 5.69 Å². The number of pyridine rings is 1. The Hall–Kier alpha value is -1.56. The maximum absolute atomic E-state index is 11.9. The molecule has 0 spiro atoms. The number of carbonyl (C=O) groups is 2. The second-order valence-electron chi connectivity index (χ2n) is 4.08. The van der Waals surface area contributed by atoms with Crippen molar-refractivity contribution < 1.29 is 14.7 Å². The summed E-state index contributed by atoms with van der Waals surface area (Å²) < 4.78 is 0. The van der Waals surface area contributed by atoms with Gasteiger partial charge in [-0.2, -0.15) is 0 Å². The van der Waals surface area contributed by atoms with Gasteiger partial charge in [0.15, 0.2) is 0 Å². The normalized spacial score (nSPS) is 19.2. The van der Waals surface area contributed by atoms with Crippen molar-refractivity contribution in [3.05, 3.63) is 24.0 Å². The molecule has 6 heteroatoms. The van der Waals surface area contributed by atoms with Crippen LogP contribution in [-0.4, -0.2) is 33.0 Å². The molecule has 0 aliphatic carbocycles. The Kier molecular flexibility index (Phi) is 4.19. The number of aromatic carboxylic acids is 1. The third kappa shape index (κ3) is 3.22. The Morgan fingerprint density at radius 2 is 2.22 bits per heavy atom. The van der Waals surface area contributed by atoms with Gasteiger partial charge in [-0.15, -0.1) is 11.8 Å². The monoisotopic (exact) mass is 266 g/mol. The van der Waals surface area contributed by atoms with E-state index in [1.165, 1.54) is 18.7 Å². The molecule has 2 N–H and O–H groups in total. The molecule has 96 valence electrons. The average Bonchev–Trinajstić information content (AvgIpc) is 2.40. The number of carbonyl (C=O) groups excluding carboxylic acids is 1. The van der Waals surface area contributed by atoms with E-state index in [2.05, 4.69) is 10.3 Å². The topological polar surface area (TPSA) is 79.3 Å². The Labute approximate surface area is 109 Å². The van der Waals surface area contributed by atoms with Gasteiger partial charge in [-0.25, -0.2) is 9.78 Å². The molecular formula is C12H14N2O3S. The van der Waals surface area contributed by atoms with Gasteiger partial charge in [-0.3, -0.25) is 4.79 Å². The molecule has 2 heterocycles. The maximum atomic E-state index is 11.9. The van der Waals surface area contributed by atoms with Gasteiger partial charge in [0.05, 0.1) is 17.1 Å². The van der Waals surface area contributed by atoms with Crippen molar-refractivity contribution in [2.45, 2.75) is 24.5 Å². The van der Waals surface area contributed by atoms with E-state index in [1.807, 2.05) is 0 Å². The van der Waals surface area contributed by atoms with Crippen LogP contribution in [0.15, 0.2) is 18.3 Å². The molecule has 0 bridgehead atoms. The zero-order chi connectivity index (χ0) is 13.0. The van der Waals surface area contributed by atoms with Crippen LogP contribution in [0.4, 0.5) is 5.69 Å². The lowest BCUT2D eigenvalue weighted by molar-refractivity contribution is -0.115. The lowest BCUT2D eigenvalue weighted by atomic mass is 10.2. The van der Waals surface area contributed by atoms with Gasteiger partial charge in [-0.1, -0.05) is 6.42 Å². The van der Waals surface area contributed by atoms with Crippen molar-refractivity contribution in [1.82, 2.24) is 4.98 Å².